The molecular weight excluding hydrogens is 619 g/mol. The Balaban J connectivity index is 1.38. The van der Waals surface area contributed by atoms with Crippen molar-refractivity contribution >= 4 is 45.9 Å². The highest BCUT2D eigenvalue weighted by Crippen LogP contribution is 2.49. The fourth-order valence-electron chi connectivity index (χ4n) is 6.40. The quantitative estimate of drug-likeness (QED) is 0.181. The first-order valence-corrected chi connectivity index (χ1v) is 16.4. The SMILES string of the molecule is COc1ccc2cc(C3CC(C)(c4cc(Cl)cc(Cl)c4)CN3C(C)c3ccc(C(=O)NCCC(=O)OC(C)(C)C)cc3)ccc2c1. The predicted octanol–water partition coefficient (Wildman–Crippen LogP) is 9.08. The van der Waals surface area contributed by atoms with Crippen molar-refractivity contribution in [2.75, 3.05) is 20.2 Å². The van der Waals surface area contributed by atoms with Gasteiger partial charge >= 0.3 is 5.97 Å². The molecule has 0 saturated carbocycles. The van der Waals surface area contributed by atoms with E-state index in [1.807, 2.05) is 63.2 Å². The van der Waals surface area contributed by atoms with Crippen molar-refractivity contribution in [1.82, 2.24) is 10.2 Å². The van der Waals surface area contributed by atoms with E-state index in [2.05, 4.69) is 54.4 Å². The maximum absolute atomic E-state index is 12.8. The maximum Gasteiger partial charge on any atom is 0.308 e. The zero-order chi connectivity index (χ0) is 33.2. The Morgan fingerprint density at radius 2 is 1.61 bits per heavy atom. The Morgan fingerprint density at radius 1 is 0.957 bits per heavy atom. The average Bonchev–Trinajstić information content (AvgIpc) is 3.37. The van der Waals surface area contributed by atoms with Crippen LogP contribution < -0.4 is 10.1 Å². The Labute approximate surface area is 282 Å². The summed E-state index contributed by atoms with van der Waals surface area (Å²) in [7, 11) is 1.68. The zero-order valence-corrected chi connectivity index (χ0v) is 28.8. The standard InChI is InChI=1S/C38H42Cl2N2O4/c1-24(25-7-9-26(10-8-25)36(44)41-16-15-35(43)46-37(2,3)4)42-23-38(5,30-19-31(39)21-32(40)20-30)22-34(42)29-12-11-28-18-33(45-6)14-13-27(28)17-29/h7-14,17-21,24,34H,15-16,22-23H2,1-6H3,(H,41,44). The molecule has 6 nitrogen and oxygen atoms in total. The minimum absolute atomic E-state index is 0.0531. The van der Waals surface area contributed by atoms with Crippen LogP contribution in [0.5, 0.6) is 5.75 Å². The summed E-state index contributed by atoms with van der Waals surface area (Å²) in [6.07, 6.45) is 1.00. The first-order chi connectivity index (χ1) is 21.7. The van der Waals surface area contributed by atoms with Gasteiger partial charge in [-0.2, -0.15) is 0 Å². The lowest BCUT2D eigenvalue weighted by Crippen LogP contribution is -2.31. The number of hydrogen-bond acceptors (Lipinski definition) is 5. The van der Waals surface area contributed by atoms with E-state index in [0.717, 1.165) is 40.6 Å². The van der Waals surface area contributed by atoms with Gasteiger partial charge in [0.25, 0.3) is 5.91 Å². The highest BCUT2D eigenvalue weighted by molar-refractivity contribution is 6.34. The van der Waals surface area contributed by atoms with E-state index in [0.29, 0.717) is 15.6 Å². The number of carbonyl (C=O) groups excluding carboxylic acids is 2. The lowest BCUT2D eigenvalue weighted by Gasteiger charge is -2.32. The number of halogens is 2. The van der Waals surface area contributed by atoms with Crippen molar-refractivity contribution < 1.29 is 19.1 Å². The zero-order valence-electron chi connectivity index (χ0n) is 27.3. The predicted molar refractivity (Wildman–Crippen MR) is 186 cm³/mol. The van der Waals surface area contributed by atoms with Gasteiger partial charge in [-0.25, -0.2) is 0 Å². The van der Waals surface area contributed by atoms with Gasteiger partial charge in [-0.05, 0) is 110 Å². The minimum Gasteiger partial charge on any atom is -0.497 e. The summed E-state index contributed by atoms with van der Waals surface area (Å²) in [6, 6.07) is 26.6. The molecule has 242 valence electrons. The number of ether oxygens (including phenoxy) is 2. The molecule has 4 aromatic rings. The minimum atomic E-state index is -0.553. The van der Waals surface area contributed by atoms with Gasteiger partial charge in [-0.3, -0.25) is 14.5 Å². The molecule has 1 saturated heterocycles. The summed E-state index contributed by atoms with van der Waals surface area (Å²) in [4.78, 5) is 27.4. The Morgan fingerprint density at radius 3 is 2.26 bits per heavy atom. The first kappa shape index (κ1) is 33.8. The molecule has 4 aromatic carbocycles. The number of hydrogen-bond donors (Lipinski definition) is 1. The molecule has 1 aliphatic heterocycles. The summed E-state index contributed by atoms with van der Waals surface area (Å²) in [5.74, 6) is 0.275. The van der Waals surface area contributed by atoms with Crippen molar-refractivity contribution in [1.29, 1.82) is 0 Å². The topological polar surface area (TPSA) is 67.9 Å². The molecule has 0 aromatic heterocycles. The van der Waals surface area contributed by atoms with Gasteiger partial charge in [0, 0.05) is 46.2 Å². The highest BCUT2D eigenvalue weighted by atomic mass is 35.5. The van der Waals surface area contributed by atoms with Gasteiger partial charge < -0.3 is 14.8 Å². The molecule has 1 aliphatic rings. The molecule has 3 atom stereocenters. The summed E-state index contributed by atoms with van der Waals surface area (Å²) in [6.45, 7) is 11.0. The fraction of sp³-hybridized carbons (Fsp3) is 0.368. The lowest BCUT2D eigenvalue weighted by atomic mass is 9.79. The van der Waals surface area contributed by atoms with E-state index in [9.17, 15) is 9.59 Å². The smallest absolute Gasteiger partial charge is 0.308 e. The third-order valence-corrected chi connectivity index (χ3v) is 9.22. The maximum atomic E-state index is 12.8. The van der Waals surface area contributed by atoms with Crippen LogP contribution in [-0.2, 0) is 14.9 Å². The molecule has 0 spiro atoms. The molecule has 0 radical (unpaired) electrons. The van der Waals surface area contributed by atoms with E-state index in [1.54, 1.807) is 13.2 Å². The van der Waals surface area contributed by atoms with Gasteiger partial charge in [0.1, 0.15) is 11.4 Å². The van der Waals surface area contributed by atoms with Crippen molar-refractivity contribution in [2.24, 2.45) is 0 Å². The number of esters is 1. The summed E-state index contributed by atoms with van der Waals surface area (Å²) in [5.41, 5.74) is 3.26. The van der Waals surface area contributed by atoms with Gasteiger partial charge in [0.05, 0.1) is 13.5 Å². The highest BCUT2D eigenvalue weighted by Gasteiger charge is 2.44. The Kier molecular flexibility index (Phi) is 10.0. The second-order valence-electron chi connectivity index (χ2n) is 13.5. The molecule has 5 rings (SSSR count). The number of nitrogens with zero attached hydrogens (tertiary/aromatic N) is 1. The molecule has 8 heteroatoms. The molecular formula is C38H42Cl2N2O4. The van der Waals surface area contributed by atoms with Crippen molar-refractivity contribution in [2.45, 2.75) is 70.6 Å². The average molecular weight is 662 g/mol. The number of nitrogens with one attached hydrogen (secondary N) is 1. The van der Waals surface area contributed by atoms with Gasteiger partial charge in [0.2, 0.25) is 0 Å². The largest absolute Gasteiger partial charge is 0.497 e. The number of amides is 1. The van der Waals surface area contributed by atoms with E-state index >= 15 is 0 Å². The molecule has 0 bridgehead atoms. The van der Waals surface area contributed by atoms with Crippen molar-refractivity contribution in [3.63, 3.8) is 0 Å². The van der Waals surface area contributed by atoms with E-state index < -0.39 is 5.60 Å². The van der Waals surface area contributed by atoms with Crippen LogP contribution in [0.1, 0.15) is 86.6 Å². The monoisotopic (exact) mass is 660 g/mol. The summed E-state index contributed by atoms with van der Waals surface area (Å²) >= 11 is 13.0. The van der Waals surface area contributed by atoms with Crippen LogP contribution in [0.25, 0.3) is 10.8 Å². The van der Waals surface area contributed by atoms with Crippen LogP contribution in [0.4, 0.5) is 0 Å². The number of rotatable bonds is 9. The van der Waals surface area contributed by atoms with Gasteiger partial charge in [0.15, 0.2) is 0 Å². The fourth-order valence-corrected chi connectivity index (χ4v) is 6.93. The summed E-state index contributed by atoms with van der Waals surface area (Å²) < 4.78 is 10.8. The molecule has 1 fully saturated rings. The van der Waals surface area contributed by atoms with E-state index in [1.165, 1.54) is 5.56 Å². The number of methoxy groups -OCH3 is 1. The molecule has 1 heterocycles. The number of fused-ring (bicyclic) bond motifs is 1. The second kappa shape index (κ2) is 13.6. The van der Waals surface area contributed by atoms with Crippen molar-refractivity contribution in [3.05, 3.63) is 111 Å². The van der Waals surface area contributed by atoms with Crippen LogP contribution in [0.15, 0.2) is 78.9 Å². The normalized spacial score (nSPS) is 19.2. The van der Waals surface area contributed by atoms with Crippen LogP contribution in [0.2, 0.25) is 10.0 Å². The third kappa shape index (κ3) is 7.86. The van der Waals surface area contributed by atoms with Crippen molar-refractivity contribution in [3.8, 4) is 5.75 Å². The van der Waals surface area contributed by atoms with Crippen LogP contribution in [-0.4, -0.2) is 42.6 Å². The molecule has 1 N–H and O–H groups in total. The molecule has 0 aliphatic carbocycles. The molecule has 46 heavy (non-hydrogen) atoms. The summed E-state index contributed by atoms with van der Waals surface area (Å²) in [5, 5.41) is 6.38. The number of benzene rings is 4. The van der Waals surface area contributed by atoms with Gasteiger partial charge in [-0.15, -0.1) is 0 Å². The molecule has 3 unspecified atom stereocenters. The van der Waals surface area contributed by atoms with Crippen LogP contribution in [0, 0.1) is 0 Å². The Hall–Kier alpha value is -3.58. The third-order valence-electron chi connectivity index (χ3n) is 8.78. The second-order valence-corrected chi connectivity index (χ2v) is 14.3. The van der Waals surface area contributed by atoms with Gasteiger partial charge in [-0.1, -0.05) is 60.5 Å². The van der Waals surface area contributed by atoms with Crippen LogP contribution >= 0.6 is 23.2 Å². The Bertz CT molecular complexity index is 1710. The number of likely N-dealkylation sites (tertiary alicyclic amines) is 1. The first-order valence-electron chi connectivity index (χ1n) is 15.6. The molecule has 1 amide bonds. The van der Waals surface area contributed by atoms with E-state index in [-0.39, 0.29) is 42.3 Å². The van der Waals surface area contributed by atoms with Crippen LogP contribution in [0.3, 0.4) is 0 Å². The lowest BCUT2D eigenvalue weighted by molar-refractivity contribution is -0.154. The van der Waals surface area contributed by atoms with E-state index in [4.69, 9.17) is 32.7 Å². The number of carbonyl (C=O) groups is 2.